The first-order valence-corrected chi connectivity index (χ1v) is 6.57. The Morgan fingerprint density at radius 3 is 2.69 bits per heavy atom. The molecule has 0 aromatic heterocycles. The van der Waals surface area contributed by atoms with Crippen LogP contribution in [0.1, 0.15) is 26.2 Å². The van der Waals surface area contributed by atoms with Crippen molar-refractivity contribution in [1.82, 2.24) is 5.32 Å². The molecule has 16 heavy (non-hydrogen) atoms. The van der Waals surface area contributed by atoms with Crippen LogP contribution in [0.4, 0.5) is 0 Å². The molecule has 2 aliphatic rings. The Bertz CT molecular complexity index is 210. The topological polar surface area (TPSA) is 30.5 Å². The van der Waals surface area contributed by atoms with Crippen LogP contribution in [0.2, 0.25) is 0 Å². The summed E-state index contributed by atoms with van der Waals surface area (Å²) in [5.74, 6) is 2.04. The van der Waals surface area contributed by atoms with Crippen molar-refractivity contribution < 1.29 is 9.47 Å². The highest BCUT2D eigenvalue weighted by Gasteiger charge is 2.53. The SMILES string of the molecule is CCOCC1(CNCCOC)CC2CC2C1. The highest BCUT2D eigenvalue weighted by Crippen LogP contribution is 2.59. The standard InChI is InChI=1S/C13H25NO2/c1-3-16-10-13(9-14-4-5-15-2)7-11-6-12(11)8-13/h11-12,14H,3-10H2,1-2H3. The molecular weight excluding hydrogens is 202 g/mol. The van der Waals surface area contributed by atoms with Gasteiger partial charge in [-0.3, -0.25) is 0 Å². The summed E-state index contributed by atoms with van der Waals surface area (Å²) >= 11 is 0. The van der Waals surface area contributed by atoms with Crippen molar-refractivity contribution in [3.8, 4) is 0 Å². The lowest BCUT2D eigenvalue weighted by atomic mass is 9.83. The lowest BCUT2D eigenvalue weighted by Gasteiger charge is -2.31. The van der Waals surface area contributed by atoms with Gasteiger partial charge < -0.3 is 14.8 Å². The average molecular weight is 227 g/mol. The van der Waals surface area contributed by atoms with Gasteiger partial charge in [-0.25, -0.2) is 0 Å². The molecule has 0 aromatic rings. The number of fused-ring (bicyclic) bond motifs is 1. The van der Waals surface area contributed by atoms with Gasteiger partial charge in [0.05, 0.1) is 13.2 Å². The predicted octanol–water partition coefficient (Wildman–Crippen LogP) is 1.68. The molecule has 2 fully saturated rings. The zero-order valence-electron chi connectivity index (χ0n) is 10.6. The number of hydrogen-bond donors (Lipinski definition) is 1. The summed E-state index contributed by atoms with van der Waals surface area (Å²) < 4.78 is 10.7. The minimum atomic E-state index is 0.428. The van der Waals surface area contributed by atoms with Crippen LogP contribution >= 0.6 is 0 Å². The molecule has 0 heterocycles. The Morgan fingerprint density at radius 1 is 1.31 bits per heavy atom. The van der Waals surface area contributed by atoms with E-state index in [2.05, 4.69) is 12.2 Å². The molecule has 2 unspecified atom stereocenters. The molecular formula is C13H25NO2. The van der Waals surface area contributed by atoms with Crippen LogP contribution in [0.5, 0.6) is 0 Å². The van der Waals surface area contributed by atoms with Crippen LogP contribution < -0.4 is 5.32 Å². The highest BCUT2D eigenvalue weighted by molar-refractivity contribution is 5.04. The van der Waals surface area contributed by atoms with Crippen LogP contribution in [0.25, 0.3) is 0 Å². The summed E-state index contributed by atoms with van der Waals surface area (Å²) in [4.78, 5) is 0. The van der Waals surface area contributed by atoms with Crippen LogP contribution in [-0.4, -0.2) is 40.0 Å². The minimum Gasteiger partial charge on any atom is -0.383 e. The van der Waals surface area contributed by atoms with Gasteiger partial charge in [-0.2, -0.15) is 0 Å². The molecule has 94 valence electrons. The van der Waals surface area contributed by atoms with Gasteiger partial charge in [0, 0.05) is 32.2 Å². The Hall–Kier alpha value is -0.120. The van der Waals surface area contributed by atoms with Crippen molar-refractivity contribution >= 4 is 0 Å². The van der Waals surface area contributed by atoms with Crippen LogP contribution in [0.3, 0.4) is 0 Å². The summed E-state index contributed by atoms with van der Waals surface area (Å²) in [6.45, 7) is 6.73. The maximum Gasteiger partial charge on any atom is 0.0587 e. The molecule has 3 heteroatoms. The summed E-state index contributed by atoms with van der Waals surface area (Å²) in [5.41, 5.74) is 0.428. The van der Waals surface area contributed by atoms with E-state index in [0.717, 1.165) is 44.7 Å². The van der Waals surface area contributed by atoms with Crippen LogP contribution in [0.15, 0.2) is 0 Å². The monoisotopic (exact) mass is 227 g/mol. The van der Waals surface area contributed by atoms with Crippen molar-refractivity contribution in [2.45, 2.75) is 26.2 Å². The normalized spacial score (nSPS) is 36.4. The molecule has 1 N–H and O–H groups in total. The zero-order chi connectivity index (χ0) is 11.4. The lowest BCUT2D eigenvalue weighted by molar-refractivity contribution is 0.0450. The smallest absolute Gasteiger partial charge is 0.0587 e. The Balaban J connectivity index is 1.74. The highest BCUT2D eigenvalue weighted by atomic mass is 16.5. The van der Waals surface area contributed by atoms with Gasteiger partial charge in [0.15, 0.2) is 0 Å². The Morgan fingerprint density at radius 2 is 2.06 bits per heavy atom. The lowest BCUT2D eigenvalue weighted by Crippen LogP contribution is -2.38. The summed E-state index contributed by atoms with van der Waals surface area (Å²) in [5, 5.41) is 3.51. The van der Waals surface area contributed by atoms with Crippen molar-refractivity contribution in [1.29, 1.82) is 0 Å². The molecule has 0 bridgehead atoms. The van der Waals surface area contributed by atoms with E-state index in [1.807, 2.05) is 0 Å². The fourth-order valence-electron chi connectivity index (χ4n) is 3.17. The van der Waals surface area contributed by atoms with Gasteiger partial charge in [-0.15, -0.1) is 0 Å². The zero-order valence-corrected chi connectivity index (χ0v) is 10.6. The van der Waals surface area contributed by atoms with Crippen molar-refractivity contribution in [3.63, 3.8) is 0 Å². The molecule has 0 spiro atoms. The second-order valence-electron chi connectivity index (χ2n) is 5.47. The number of rotatable bonds is 8. The third kappa shape index (κ3) is 2.96. The first-order valence-electron chi connectivity index (χ1n) is 6.57. The van der Waals surface area contributed by atoms with Crippen LogP contribution in [0, 0.1) is 17.3 Å². The van der Waals surface area contributed by atoms with Gasteiger partial charge in [0.25, 0.3) is 0 Å². The van der Waals surface area contributed by atoms with E-state index in [0.29, 0.717) is 5.41 Å². The summed E-state index contributed by atoms with van der Waals surface area (Å²) in [7, 11) is 1.75. The van der Waals surface area contributed by atoms with E-state index in [-0.39, 0.29) is 0 Å². The summed E-state index contributed by atoms with van der Waals surface area (Å²) in [6, 6.07) is 0. The van der Waals surface area contributed by atoms with Gasteiger partial charge in [-0.1, -0.05) is 0 Å². The Kier molecular flexibility index (Phi) is 4.22. The van der Waals surface area contributed by atoms with Crippen molar-refractivity contribution in [2.24, 2.45) is 17.3 Å². The third-order valence-electron chi connectivity index (χ3n) is 4.05. The van der Waals surface area contributed by atoms with Crippen molar-refractivity contribution in [3.05, 3.63) is 0 Å². The fraction of sp³-hybridized carbons (Fsp3) is 1.00. The van der Waals surface area contributed by atoms with Gasteiger partial charge >= 0.3 is 0 Å². The Labute approximate surface area is 98.9 Å². The number of ether oxygens (including phenoxy) is 2. The predicted molar refractivity (Wildman–Crippen MR) is 64.5 cm³/mol. The number of methoxy groups -OCH3 is 1. The second-order valence-corrected chi connectivity index (χ2v) is 5.47. The van der Waals surface area contributed by atoms with Crippen molar-refractivity contribution in [2.75, 3.05) is 40.0 Å². The molecule has 0 radical (unpaired) electrons. The molecule has 0 aliphatic heterocycles. The summed E-state index contributed by atoms with van der Waals surface area (Å²) in [6.07, 6.45) is 4.22. The molecule has 0 amide bonds. The molecule has 0 saturated heterocycles. The molecule has 0 aromatic carbocycles. The number of hydrogen-bond acceptors (Lipinski definition) is 3. The maximum atomic E-state index is 5.68. The fourth-order valence-corrected chi connectivity index (χ4v) is 3.17. The van der Waals surface area contributed by atoms with Gasteiger partial charge in [0.2, 0.25) is 0 Å². The molecule has 2 saturated carbocycles. The van der Waals surface area contributed by atoms with E-state index in [1.165, 1.54) is 19.3 Å². The van der Waals surface area contributed by atoms with E-state index in [4.69, 9.17) is 9.47 Å². The average Bonchev–Trinajstić information content (AvgIpc) is 2.91. The second kappa shape index (κ2) is 5.48. The molecule has 2 aliphatic carbocycles. The number of nitrogens with one attached hydrogen (secondary N) is 1. The van der Waals surface area contributed by atoms with E-state index in [1.54, 1.807) is 7.11 Å². The molecule has 2 atom stereocenters. The molecule has 2 rings (SSSR count). The van der Waals surface area contributed by atoms with Gasteiger partial charge in [0.1, 0.15) is 0 Å². The maximum absolute atomic E-state index is 5.68. The van der Waals surface area contributed by atoms with Gasteiger partial charge in [-0.05, 0) is 38.0 Å². The quantitative estimate of drug-likeness (QED) is 0.640. The first-order chi connectivity index (χ1) is 7.79. The third-order valence-corrected chi connectivity index (χ3v) is 4.05. The molecule has 3 nitrogen and oxygen atoms in total. The largest absolute Gasteiger partial charge is 0.383 e. The van der Waals surface area contributed by atoms with E-state index in [9.17, 15) is 0 Å². The van der Waals surface area contributed by atoms with E-state index >= 15 is 0 Å². The van der Waals surface area contributed by atoms with Crippen LogP contribution in [-0.2, 0) is 9.47 Å². The first kappa shape index (κ1) is 12.3. The van der Waals surface area contributed by atoms with E-state index < -0.39 is 0 Å². The minimum absolute atomic E-state index is 0.428.